The Bertz CT molecular complexity index is 835. The standard InChI is InChI=1S/C19H25N5O/c25-19-9-14-3-1-5-18(14)21-24(19)12-16-4-2-8-22(16)11-17-10-20-13-23(17)15-6-7-15/h9-10,13,15-16H,1-8,11-12H2. The van der Waals surface area contributed by atoms with Gasteiger partial charge in [-0.1, -0.05) is 0 Å². The van der Waals surface area contributed by atoms with Crippen LogP contribution in [0, 0.1) is 0 Å². The van der Waals surface area contributed by atoms with Gasteiger partial charge >= 0.3 is 0 Å². The number of fused-ring (bicyclic) bond motifs is 1. The maximum atomic E-state index is 12.4. The molecule has 1 saturated heterocycles. The van der Waals surface area contributed by atoms with Gasteiger partial charge in [-0.05, 0) is 57.1 Å². The van der Waals surface area contributed by atoms with Crippen LogP contribution >= 0.6 is 0 Å². The van der Waals surface area contributed by atoms with E-state index in [1.807, 2.05) is 18.6 Å². The van der Waals surface area contributed by atoms with Crippen molar-refractivity contribution in [2.45, 2.75) is 70.1 Å². The lowest BCUT2D eigenvalue weighted by Gasteiger charge is -2.25. The fourth-order valence-electron chi connectivity index (χ4n) is 4.42. The predicted molar refractivity (Wildman–Crippen MR) is 94.5 cm³/mol. The minimum absolute atomic E-state index is 0.0653. The van der Waals surface area contributed by atoms with Gasteiger partial charge in [-0.3, -0.25) is 9.69 Å². The molecule has 1 atom stereocenters. The molecule has 0 aromatic carbocycles. The SMILES string of the molecule is O=c1cc2c(nn1CC1CCCN1Cc1cncn1C1CC1)CCC2. The van der Waals surface area contributed by atoms with E-state index >= 15 is 0 Å². The number of nitrogens with zero attached hydrogens (tertiary/aromatic N) is 5. The summed E-state index contributed by atoms with van der Waals surface area (Å²) in [6, 6.07) is 2.88. The highest BCUT2D eigenvalue weighted by atomic mass is 16.1. The molecule has 25 heavy (non-hydrogen) atoms. The van der Waals surface area contributed by atoms with Gasteiger partial charge in [-0.2, -0.15) is 5.10 Å². The quantitative estimate of drug-likeness (QED) is 0.835. The number of hydrogen-bond donors (Lipinski definition) is 0. The van der Waals surface area contributed by atoms with Crippen LogP contribution in [0.2, 0.25) is 0 Å². The maximum absolute atomic E-state index is 12.4. The topological polar surface area (TPSA) is 56.0 Å². The lowest BCUT2D eigenvalue weighted by molar-refractivity contribution is 0.211. The third kappa shape index (κ3) is 2.92. The van der Waals surface area contributed by atoms with Crippen LogP contribution in [0.15, 0.2) is 23.4 Å². The highest BCUT2D eigenvalue weighted by molar-refractivity contribution is 5.22. The van der Waals surface area contributed by atoms with Gasteiger partial charge in [-0.15, -0.1) is 0 Å². The summed E-state index contributed by atoms with van der Waals surface area (Å²) >= 11 is 0. The van der Waals surface area contributed by atoms with E-state index < -0.39 is 0 Å². The smallest absolute Gasteiger partial charge is 0.267 e. The van der Waals surface area contributed by atoms with E-state index in [0.29, 0.717) is 18.6 Å². The largest absolute Gasteiger partial charge is 0.330 e. The zero-order chi connectivity index (χ0) is 16.8. The molecule has 0 N–H and O–H groups in total. The summed E-state index contributed by atoms with van der Waals surface area (Å²) in [7, 11) is 0. The molecule has 0 bridgehead atoms. The first-order valence-corrected chi connectivity index (χ1v) is 9.62. The number of imidazole rings is 1. The van der Waals surface area contributed by atoms with Crippen LogP contribution in [0.5, 0.6) is 0 Å². The highest BCUT2D eigenvalue weighted by Gasteiger charge is 2.30. The molecule has 1 unspecified atom stereocenters. The van der Waals surface area contributed by atoms with E-state index in [1.54, 1.807) is 4.68 Å². The Morgan fingerprint density at radius 3 is 2.96 bits per heavy atom. The van der Waals surface area contributed by atoms with Gasteiger partial charge in [0.25, 0.3) is 5.56 Å². The van der Waals surface area contributed by atoms with Crippen LogP contribution in [0.4, 0.5) is 0 Å². The zero-order valence-corrected chi connectivity index (χ0v) is 14.6. The molecule has 2 fully saturated rings. The molecule has 3 heterocycles. The van der Waals surface area contributed by atoms with Crippen molar-refractivity contribution in [2.24, 2.45) is 0 Å². The predicted octanol–water partition coefficient (Wildman–Crippen LogP) is 1.93. The first-order valence-electron chi connectivity index (χ1n) is 9.62. The maximum Gasteiger partial charge on any atom is 0.267 e. The Balaban J connectivity index is 1.33. The normalized spacial score (nSPS) is 23.3. The first-order chi connectivity index (χ1) is 12.3. The number of aryl methyl sites for hydroxylation is 2. The lowest BCUT2D eigenvalue weighted by Crippen LogP contribution is -2.37. The molecule has 5 rings (SSSR count). The third-order valence-electron chi connectivity index (χ3n) is 5.96. The van der Waals surface area contributed by atoms with E-state index in [-0.39, 0.29) is 5.56 Å². The number of likely N-dealkylation sites (tertiary alicyclic amines) is 1. The molecule has 0 radical (unpaired) electrons. The van der Waals surface area contributed by atoms with Crippen LogP contribution in [0.1, 0.15) is 55.1 Å². The van der Waals surface area contributed by atoms with E-state index in [1.165, 1.54) is 25.0 Å². The van der Waals surface area contributed by atoms with Crippen molar-refractivity contribution in [1.29, 1.82) is 0 Å². The van der Waals surface area contributed by atoms with E-state index in [0.717, 1.165) is 50.0 Å². The van der Waals surface area contributed by atoms with Crippen molar-refractivity contribution >= 4 is 0 Å². The average molecular weight is 339 g/mol. The number of aromatic nitrogens is 4. The fraction of sp³-hybridized carbons (Fsp3) is 0.632. The average Bonchev–Trinajstić information content (AvgIpc) is 2.98. The second-order valence-electron chi connectivity index (χ2n) is 7.78. The molecule has 1 aliphatic heterocycles. The Labute approximate surface area is 147 Å². The van der Waals surface area contributed by atoms with Crippen molar-refractivity contribution in [2.75, 3.05) is 6.54 Å². The third-order valence-corrected chi connectivity index (χ3v) is 5.96. The number of hydrogen-bond acceptors (Lipinski definition) is 4. The van der Waals surface area contributed by atoms with Gasteiger partial charge in [0.2, 0.25) is 0 Å². The van der Waals surface area contributed by atoms with E-state index in [9.17, 15) is 4.79 Å². The lowest BCUT2D eigenvalue weighted by atomic mass is 10.2. The molecule has 0 amide bonds. The molecule has 2 aliphatic carbocycles. The minimum Gasteiger partial charge on any atom is -0.330 e. The Kier molecular flexibility index (Phi) is 3.73. The van der Waals surface area contributed by atoms with Gasteiger partial charge in [0, 0.05) is 30.9 Å². The Morgan fingerprint density at radius 1 is 1.16 bits per heavy atom. The molecule has 3 aliphatic rings. The van der Waals surface area contributed by atoms with Crippen molar-refractivity contribution < 1.29 is 0 Å². The van der Waals surface area contributed by atoms with Crippen LogP contribution in [0.3, 0.4) is 0 Å². The van der Waals surface area contributed by atoms with Crippen LogP contribution in [0.25, 0.3) is 0 Å². The monoisotopic (exact) mass is 339 g/mol. The molecular weight excluding hydrogens is 314 g/mol. The van der Waals surface area contributed by atoms with E-state index in [4.69, 9.17) is 0 Å². The summed E-state index contributed by atoms with van der Waals surface area (Å²) in [6.45, 7) is 2.74. The Morgan fingerprint density at radius 2 is 2.08 bits per heavy atom. The first kappa shape index (κ1) is 15.3. The van der Waals surface area contributed by atoms with Crippen LogP contribution in [-0.2, 0) is 25.9 Å². The minimum atomic E-state index is 0.0653. The molecule has 132 valence electrons. The van der Waals surface area contributed by atoms with Gasteiger partial charge in [0.15, 0.2) is 0 Å². The summed E-state index contributed by atoms with van der Waals surface area (Å²) in [5.74, 6) is 0. The summed E-state index contributed by atoms with van der Waals surface area (Å²) < 4.78 is 4.06. The summed E-state index contributed by atoms with van der Waals surface area (Å²) in [5.41, 5.74) is 3.67. The molecule has 0 spiro atoms. The Hall–Kier alpha value is -1.95. The van der Waals surface area contributed by atoms with Gasteiger partial charge in [0.1, 0.15) is 0 Å². The van der Waals surface area contributed by atoms with Crippen molar-refractivity contribution in [3.8, 4) is 0 Å². The summed E-state index contributed by atoms with van der Waals surface area (Å²) in [4.78, 5) is 19.3. The second kappa shape index (κ2) is 6.09. The fourth-order valence-corrected chi connectivity index (χ4v) is 4.42. The molecule has 2 aromatic heterocycles. The molecule has 6 nitrogen and oxygen atoms in total. The van der Waals surface area contributed by atoms with Gasteiger partial charge in [0.05, 0.1) is 24.3 Å². The summed E-state index contributed by atoms with van der Waals surface area (Å²) in [5, 5.41) is 4.66. The van der Waals surface area contributed by atoms with E-state index in [2.05, 4.69) is 19.5 Å². The van der Waals surface area contributed by atoms with Crippen molar-refractivity contribution in [1.82, 2.24) is 24.2 Å². The van der Waals surface area contributed by atoms with Crippen LogP contribution < -0.4 is 5.56 Å². The van der Waals surface area contributed by atoms with Crippen molar-refractivity contribution in [3.05, 3.63) is 45.9 Å². The number of rotatable bonds is 5. The molecule has 1 saturated carbocycles. The molecule has 2 aromatic rings. The second-order valence-corrected chi connectivity index (χ2v) is 7.78. The highest BCUT2D eigenvalue weighted by Crippen LogP contribution is 2.36. The molecular formula is C19H25N5O. The zero-order valence-electron chi connectivity index (χ0n) is 14.6. The van der Waals surface area contributed by atoms with Crippen molar-refractivity contribution in [3.63, 3.8) is 0 Å². The molecule has 6 heteroatoms. The van der Waals surface area contributed by atoms with Gasteiger partial charge in [-0.25, -0.2) is 9.67 Å². The van der Waals surface area contributed by atoms with Crippen LogP contribution in [-0.4, -0.2) is 36.8 Å². The van der Waals surface area contributed by atoms with Gasteiger partial charge < -0.3 is 4.57 Å². The summed E-state index contributed by atoms with van der Waals surface area (Å²) in [6.07, 6.45) is 12.0.